The Bertz CT molecular complexity index is 530. The molecule has 17 heavy (non-hydrogen) atoms. The van der Waals surface area contributed by atoms with Gasteiger partial charge in [-0.2, -0.15) is 0 Å². The number of benzene rings is 1. The Labute approximate surface area is 103 Å². The fraction of sp³-hybridized carbons (Fsp3) is 0.333. The molecule has 8 heteroatoms. The van der Waals surface area contributed by atoms with Crippen LogP contribution in [0.25, 0.3) is 0 Å². The lowest BCUT2D eigenvalue weighted by Crippen LogP contribution is -2.21. The Balaban J connectivity index is 3.09. The molecular formula is C9H10ClNO5S. The Morgan fingerprint density at radius 1 is 1.47 bits per heavy atom. The number of halogens is 1. The fourth-order valence-electron chi connectivity index (χ4n) is 1.21. The van der Waals surface area contributed by atoms with Crippen molar-refractivity contribution in [2.75, 3.05) is 6.26 Å². The normalized spacial score (nSPS) is 15.2. The van der Waals surface area contributed by atoms with Crippen LogP contribution >= 0.6 is 11.6 Å². The molecule has 1 N–H and O–H groups in total. The van der Waals surface area contributed by atoms with Crippen molar-refractivity contribution in [1.82, 2.24) is 0 Å². The van der Waals surface area contributed by atoms with Crippen LogP contribution in [0, 0.1) is 10.1 Å². The molecule has 0 aliphatic rings. The van der Waals surface area contributed by atoms with Crippen LogP contribution in [0.1, 0.15) is 11.7 Å². The van der Waals surface area contributed by atoms with E-state index in [1.807, 2.05) is 0 Å². The molecule has 1 rings (SSSR count). The summed E-state index contributed by atoms with van der Waals surface area (Å²) in [6.07, 6.45) is -0.628. The van der Waals surface area contributed by atoms with Gasteiger partial charge in [-0.3, -0.25) is 10.1 Å². The zero-order valence-corrected chi connectivity index (χ0v) is 10.4. The molecule has 0 saturated carbocycles. The largest absolute Gasteiger partial charge is 0.386 e. The van der Waals surface area contributed by atoms with Crippen molar-refractivity contribution in [2.24, 2.45) is 0 Å². The molecule has 0 unspecified atom stereocenters. The van der Waals surface area contributed by atoms with E-state index in [1.165, 1.54) is 18.2 Å². The molecule has 1 aromatic carbocycles. The van der Waals surface area contributed by atoms with Gasteiger partial charge in [0, 0.05) is 18.4 Å². The highest BCUT2D eigenvalue weighted by atomic mass is 35.5. The Morgan fingerprint density at radius 2 is 2.06 bits per heavy atom. The third-order valence-corrected chi connectivity index (χ3v) is 4.37. The van der Waals surface area contributed by atoms with Crippen LogP contribution in [0.4, 0.5) is 5.69 Å². The maximum atomic E-state index is 11.1. The molecule has 0 bridgehead atoms. The van der Waals surface area contributed by atoms with Crippen molar-refractivity contribution in [2.45, 2.75) is 10.8 Å². The first-order chi connectivity index (χ1) is 7.73. The summed E-state index contributed by atoms with van der Waals surface area (Å²) in [5.74, 6) is 0. The number of aliphatic hydroxyl groups excluding tert-OH is 1. The number of rotatable bonds is 4. The maximum absolute atomic E-state index is 11.1. The third-order valence-electron chi connectivity index (χ3n) is 2.08. The summed E-state index contributed by atoms with van der Waals surface area (Å²) in [5.41, 5.74) is -0.149. The zero-order valence-electron chi connectivity index (χ0n) is 8.78. The van der Waals surface area contributed by atoms with Gasteiger partial charge in [0.1, 0.15) is 6.10 Å². The predicted molar refractivity (Wildman–Crippen MR) is 62.5 cm³/mol. The van der Waals surface area contributed by atoms with E-state index in [1.54, 1.807) is 0 Å². The van der Waals surface area contributed by atoms with Gasteiger partial charge in [0.25, 0.3) is 5.69 Å². The smallest absolute Gasteiger partial charge is 0.269 e. The van der Waals surface area contributed by atoms with E-state index in [4.69, 9.17) is 11.6 Å². The quantitative estimate of drug-likeness (QED) is 0.508. The Kier molecular flexibility index (Phi) is 4.07. The number of aliphatic hydroxyl groups is 1. The molecule has 0 heterocycles. The van der Waals surface area contributed by atoms with Crippen molar-refractivity contribution in [3.63, 3.8) is 0 Å². The number of hydrogen-bond acceptors (Lipinski definition) is 5. The predicted octanol–water partition coefficient (Wildman–Crippen LogP) is 1.24. The maximum Gasteiger partial charge on any atom is 0.269 e. The minimum Gasteiger partial charge on any atom is -0.386 e. The average Bonchev–Trinajstić information content (AvgIpc) is 2.26. The van der Waals surface area contributed by atoms with Gasteiger partial charge in [-0.1, -0.05) is 12.1 Å². The molecule has 0 aliphatic heterocycles. The van der Waals surface area contributed by atoms with Crippen molar-refractivity contribution < 1.29 is 18.4 Å². The summed E-state index contributed by atoms with van der Waals surface area (Å²) in [4.78, 5) is 9.88. The molecule has 6 nitrogen and oxygen atoms in total. The van der Waals surface area contributed by atoms with E-state index in [0.29, 0.717) is 0 Å². The first kappa shape index (κ1) is 13.9. The number of nitro groups is 1. The van der Waals surface area contributed by atoms with Crippen LogP contribution in [0.15, 0.2) is 24.3 Å². The molecule has 0 saturated heterocycles. The molecule has 2 atom stereocenters. The Morgan fingerprint density at radius 3 is 2.53 bits per heavy atom. The van der Waals surface area contributed by atoms with E-state index in [9.17, 15) is 23.6 Å². The highest BCUT2D eigenvalue weighted by Crippen LogP contribution is 2.27. The lowest BCUT2D eigenvalue weighted by atomic mass is 10.1. The second-order valence-corrected chi connectivity index (χ2v) is 6.37. The monoisotopic (exact) mass is 279 g/mol. The Hall–Kier alpha value is -1.18. The molecule has 0 fully saturated rings. The third kappa shape index (κ3) is 3.39. The highest BCUT2D eigenvalue weighted by molar-refractivity contribution is 7.92. The summed E-state index contributed by atoms with van der Waals surface area (Å²) in [6.45, 7) is 0. The summed E-state index contributed by atoms with van der Waals surface area (Å²) in [7, 11) is -3.64. The average molecular weight is 280 g/mol. The van der Waals surface area contributed by atoms with E-state index < -0.39 is 25.6 Å². The van der Waals surface area contributed by atoms with Crippen molar-refractivity contribution >= 4 is 27.1 Å². The standard InChI is InChI=1S/C9H10ClNO5S/c1-17(15,16)9(10)8(12)6-3-2-4-7(5-6)11(13)14/h2-5,8-9,12H,1H3/t8-,9+/m1/s1. The molecule has 0 radical (unpaired) electrons. The minimum absolute atomic E-state index is 0.0876. The number of hydrogen-bond donors (Lipinski definition) is 1. The molecule has 0 amide bonds. The van der Waals surface area contributed by atoms with Crippen LogP contribution < -0.4 is 0 Å². The SMILES string of the molecule is CS(=O)(=O)[C@H](Cl)[C@H](O)c1cccc([N+](=O)[O-])c1. The van der Waals surface area contributed by atoms with Crippen LogP contribution in [0.2, 0.25) is 0 Å². The number of non-ortho nitro benzene ring substituents is 1. The molecule has 0 aliphatic carbocycles. The summed E-state index contributed by atoms with van der Waals surface area (Å²) < 4.78 is 20.7. The summed E-state index contributed by atoms with van der Waals surface area (Å²) in [6, 6.07) is 5.05. The van der Waals surface area contributed by atoms with Crippen LogP contribution in [0.3, 0.4) is 0 Å². The summed E-state index contributed by atoms with van der Waals surface area (Å²) in [5, 5.41) is 20.2. The van der Waals surface area contributed by atoms with Crippen LogP contribution in [-0.2, 0) is 9.84 Å². The van der Waals surface area contributed by atoms with Gasteiger partial charge >= 0.3 is 0 Å². The first-order valence-electron chi connectivity index (χ1n) is 4.49. The van der Waals surface area contributed by atoms with E-state index in [0.717, 1.165) is 12.3 Å². The zero-order chi connectivity index (χ0) is 13.2. The molecule has 0 spiro atoms. The number of nitro benzene ring substituents is 1. The van der Waals surface area contributed by atoms with Crippen molar-refractivity contribution in [3.05, 3.63) is 39.9 Å². The van der Waals surface area contributed by atoms with Gasteiger partial charge in [-0.05, 0) is 5.56 Å². The van der Waals surface area contributed by atoms with E-state index in [2.05, 4.69) is 0 Å². The van der Waals surface area contributed by atoms with Crippen LogP contribution in [-0.4, -0.2) is 29.4 Å². The van der Waals surface area contributed by atoms with Gasteiger partial charge < -0.3 is 5.11 Å². The lowest BCUT2D eigenvalue weighted by molar-refractivity contribution is -0.385. The molecule has 1 aromatic rings. The number of nitrogens with zero attached hydrogens (tertiary/aromatic N) is 1. The number of sulfone groups is 1. The highest BCUT2D eigenvalue weighted by Gasteiger charge is 2.28. The van der Waals surface area contributed by atoms with E-state index >= 15 is 0 Å². The van der Waals surface area contributed by atoms with E-state index in [-0.39, 0.29) is 11.3 Å². The van der Waals surface area contributed by atoms with Gasteiger partial charge in [0.15, 0.2) is 14.5 Å². The molecular weight excluding hydrogens is 270 g/mol. The van der Waals surface area contributed by atoms with Crippen molar-refractivity contribution in [1.29, 1.82) is 0 Å². The lowest BCUT2D eigenvalue weighted by Gasteiger charge is -2.15. The van der Waals surface area contributed by atoms with Gasteiger partial charge in [0.05, 0.1) is 4.92 Å². The van der Waals surface area contributed by atoms with Crippen molar-refractivity contribution in [3.8, 4) is 0 Å². The van der Waals surface area contributed by atoms with Gasteiger partial charge in [0.2, 0.25) is 0 Å². The van der Waals surface area contributed by atoms with Gasteiger partial charge in [-0.15, -0.1) is 11.6 Å². The second kappa shape index (κ2) is 4.99. The molecule has 94 valence electrons. The minimum atomic E-state index is -3.64. The fourth-order valence-corrected chi connectivity index (χ4v) is 1.98. The van der Waals surface area contributed by atoms with Crippen LogP contribution in [0.5, 0.6) is 0 Å². The second-order valence-electron chi connectivity index (χ2n) is 3.48. The first-order valence-corrected chi connectivity index (χ1v) is 6.88. The topological polar surface area (TPSA) is 97.5 Å². The number of alkyl halides is 1. The summed E-state index contributed by atoms with van der Waals surface area (Å²) >= 11 is 5.57. The molecule has 0 aromatic heterocycles. The van der Waals surface area contributed by atoms with Gasteiger partial charge in [-0.25, -0.2) is 8.42 Å².